The fourth-order valence-corrected chi connectivity index (χ4v) is 3.63. The maximum atomic E-state index is 3.52. The number of rotatable bonds is 4. The van der Waals surface area contributed by atoms with Crippen LogP contribution in [0.4, 0.5) is 0 Å². The summed E-state index contributed by atoms with van der Waals surface area (Å²) in [4.78, 5) is 4.23. The third-order valence-corrected chi connectivity index (χ3v) is 4.68. The van der Waals surface area contributed by atoms with Crippen molar-refractivity contribution in [3.8, 4) is 0 Å². The first-order valence-corrected chi connectivity index (χ1v) is 7.60. The van der Waals surface area contributed by atoms with Gasteiger partial charge in [0.15, 0.2) is 0 Å². The Bertz CT molecular complexity index is 346. The summed E-state index contributed by atoms with van der Waals surface area (Å²) in [5.41, 5.74) is 1.54. The van der Waals surface area contributed by atoms with E-state index in [0.29, 0.717) is 6.04 Å². The van der Waals surface area contributed by atoms with Gasteiger partial charge in [-0.05, 0) is 29.3 Å². The minimum Gasteiger partial charge on any atom is -0.314 e. The molecule has 3 heteroatoms. The average molecular weight is 252 g/mol. The Hall–Kier alpha value is -0.380. The molecular weight excluding hydrogens is 228 g/mol. The van der Waals surface area contributed by atoms with E-state index in [1.165, 1.54) is 12.1 Å². The first kappa shape index (κ1) is 13.1. The van der Waals surface area contributed by atoms with E-state index in [2.05, 4.69) is 42.4 Å². The van der Waals surface area contributed by atoms with Crippen molar-refractivity contribution < 1.29 is 0 Å². The highest BCUT2D eigenvalue weighted by molar-refractivity contribution is 7.10. The number of nitrogens with one attached hydrogen (secondary N) is 1. The molecule has 0 amide bonds. The van der Waals surface area contributed by atoms with Gasteiger partial charge in [-0.25, -0.2) is 0 Å². The molecule has 1 atom stereocenters. The maximum absolute atomic E-state index is 3.52. The molecule has 0 saturated carbocycles. The number of nitrogens with zero attached hydrogens (tertiary/aromatic N) is 1. The highest BCUT2D eigenvalue weighted by Crippen LogP contribution is 2.23. The van der Waals surface area contributed by atoms with Crippen molar-refractivity contribution in [2.75, 3.05) is 19.6 Å². The summed E-state index contributed by atoms with van der Waals surface area (Å²) < 4.78 is 0. The molecule has 2 heterocycles. The van der Waals surface area contributed by atoms with Gasteiger partial charge in [-0.15, -0.1) is 11.3 Å². The van der Waals surface area contributed by atoms with Crippen LogP contribution in [-0.2, 0) is 13.0 Å². The van der Waals surface area contributed by atoms with Crippen LogP contribution in [0.25, 0.3) is 0 Å². The van der Waals surface area contributed by atoms with Crippen LogP contribution >= 0.6 is 11.3 Å². The molecule has 1 aliphatic heterocycles. The van der Waals surface area contributed by atoms with Gasteiger partial charge in [-0.3, -0.25) is 4.90 Å². The van der Waals surface area contributed by atoms with Crippen LogP contribution < -0.4 is 5.32 Å². The van der Waals surface area contributed by atoms with E-state index in [4.69, 9.17) is 0 Å². The third kappa shape index (κ3) is 3.09. The Labute approximate surface area is 109 Å². The Morgan fingerprint density at radius 1 is 1.53 bits per heavy atom. The van der Waals surface area contributed by atoms with E-state index in [-0.39, 0.29) is 0 Å². The average Bonchev–Trinajstić information content (AvgIpc) is 2.77. The lowest BCUT2D eigenvalue weighted by Crippen LogP contribution is -2.52. The summed E-state index contributed by atoms with van der Waals surface area (Å²) in [6, 6.07) is 2.97. The fourth-order valence-electron chi connectivity index (χ4n) is 2.63. The number of piperazine rings is 1. The molecule has 1 aromatic heterocycles. The predicted molar refractivity (Wildman–Crippen MR) is 75.6 cm³/mol. The SMILES string of the molecule is CCc1ccsc1CN1CCNCC1C(C)C. The second kappa shape index (κ2) is 5.98. The molecule has 1 aliphatic rings. The van der Waals surface area contributed by atoms with Crippen LogP contribution in [0.3, 0.4) is 0 Å². The lowest BCUT2D eigenvalue weighted by molar-refractivity contribution is 0.118. The van der Waals surface area contributed by atoms with Gasteiger partial charge in [-0.2, -0.15) is 0 Å². The monoisotopic (exact) mass is 252 g/mol. The topological polar surface area (TPSA) is 15.3 Å². The van der Waals surface area contributed by atoms with Crippen molar-refractivity contribution in [1.29, 1.82) is 0 Å². The zero-order valence-corrected chi connectivity index (χ0v) is 12.0. The van der Waals surface area contributed by atoms with E-state index >= 15 is 0 Å². The van der Waals surface area contributed by atoms with Gasteiger partial charge < -0.3 is 5.32 Å². The van der Waals surface area contributed by atoms with Gasteiger partial charge >= 0.3 is 0 Å². The quantitative estimate of drug-likeness (QED) is 0.886. The normalized spacial score (nSPS) is 22.2. The van der Waals surface area contributed by atoms with Crippen LogP contribution in [0.2, 0.25) is 0 Å². The van der Waals surface area contributed by atoms with Crippen LogP contribution in [0, 0.1) is 5.92 Å². The Morgan fingerprint density at radius 3 is 3.06 bits per heavy atom. The molecule has 2 rings (SSSR count). The van der Waals surface area contributed by atoms with Crippen molar-refractivity contribution in [2.24, 2.45) is 5.92 Å². The van der Waals surface area contributed by atoms with Gasteiger partial charge in [0.2, 0.25) is 0 Å². The molecule has 2 nitrogen and oxygen atoms in total. The van der Waals surface area contributed by atoms with Crippen molar-refractivity contribution in [1.82, 2.24) is 10.2 Å². The largest absolute Gasteiger partial charge is 0.314 e. The second-order valence-electron chi connectivity index (χ2n) is 5.21. The standard InChI is InChI=1S/C14H24N2S/c1-4-12-5-8-17-14(12)10-16-7-6-15-9-13(16)11(2)3/h5,8,11,13,15H,4,6-7,9-10H2,1-3H3. The minimum atomic E-state index is 0.690. The smallest absolute Gasteiger partial charge is 0.0334 e. The predicted octanol–water partition coefficient (Wildman–Crippen LogP) is 2.74. The maximum Gasteiger partial charge on any atom is 0.0334 e. The van der Waals surface area contributed by atoms with Crippen molar-refractivity contribution >= 4 is 11.3 Å². The summed E-state index contributed by atoms with van der Waals surface area (Å²) in [6.45, 7) is 11.5. The molecule has 0 bridgehead atoms. The molecule has 0 aliphatic carbocycles. The molecule has 0 spiro atoms. The molecule has 1 saturated heterocycles. The zero-order valence-electron chi connectivity index (χ0n) is 11.2. The lowest BCUT2D eigenvalue weighted by Gasteiger charge is -2.38. The molecule has 1 unspecified atom stereocenters. The molecular formula is C14H24N2S. The summed E-state index contributed by atoms with van der Waals surface area (Å²) >= 11 is 1.92. The molecule has 0 aromatic carbocycles. The van der Waals surface area contributed by atoms with E-state index < -0.39 is 0 Å². The van der Waals surface area contributed by atoms with Gasteiger partial charge in [0.05, 0.1) is 0 Å². The van der Waals surface area contributed by atoms with Crippen LogP contribution in [-0.4, -0.2) is 30.6 Å². The van der Waals surface area contributed by atoms with E-state index in [9.17, 15) is 0 Å². The second-order valence-corrected chi connectivity index (χ2v) is 6.21. The van der Waals surface area contributed by atoms with Gasteiger partial charge in [0.1, 0.15) is 0 Å². The van der Waals surface area contributed by atoms with Gasteiger partial charge in [-0.1, -0.05) is 20.8 Å². The van der Waals surface area contributed by atoms with Crippen molar-refractivity contribution in [2.45, 2.75) is 39.8 Å². The number of hydrogen-bond acceptors (Lipinski definition) is 3. The summed E-state index contributed by atoms with van der Waals surface area (Å²) in [6.07, 6.45) is 1.16. The Morgan fingerprint density at radius 2 is 2.35 bits per heavy atom. The lowest BCUT2D eigenvalue weighted by atomic mass is 10.0. The van der Waals surface area contributed by atoms with E-state index in [1.807, 2.05) is 11.3 Å². The van der Waals surface area contributed by atoms with Crippen molar-refractivity contribution in [3.63, 3.8) is 0 Å². The highest BCUT2D eigenvalue weighted by atomic mass is 32.1. The van der Waals surface area contributed by atoms with Crippen molar-refractivity contribution in [3.05, 3.63) is 21.9 Å². The first-order chi connectivity index (χ1) is 8.22. The summed E-state index contributed by atoms with van der Waals surface area (Å²) in [5.74, 6) is 0.729. The van der Waals surface area contributed by atoms with Crippen LogP contribution in [0.5, 0.6) is 0 Å². The molecule has 0 radical (unpaired) electrons. The molecule has 1 fully saturated rings. The molecule has 17 heavy (non-hydrogen) atoms. The van der Waals surface area contributed by atoms with Gasteiger partial charge in [0, 0.05) is 37.1 Å². The fraction of sp³-hybridized carbons (Fsp3) is 0.714. The van der Waals surface area contributed by atoms with Crippen LogP contribution in [0.15, 0.2) is 11.4 Å². The molecule has 1 N–H and O–H groups in total. The van der Waals surface area contributed by atoms with Gasteiger partial charge in [0.25, 0.3) is 0 Å². The highest BCUT2D eigenvalue weighted by Gasteiger charge is 2.25. The Balaban J connectivity index is 2.05. The zero-order chi connectivity index (χ0) is 12.3. The third-order valence-electron chi connectivity index (χ3n) is 3.73. The molecule has 96 valence electrons. The summed E-state index contributed by atoms with van der Waals surface area (Å²) in [7, 11) is 0. The van der Waals surface area contributed by atoms with E-state index in [1.54, 1.807) is 4.88 Å². The number of aryl methyl sites for hydroxylation is 1. The summed E-state index contributed by atoms with van der Waals surface area (Å²) in [5, 5.41) is 5.75. The number of thiophene rings is 1. The number of hydrogen-bond donors (Lipinski definition) is 1. The van der Waals surface area contributed by atoms with E-state index in [0.717, 1.165) is 32.0 Å². The Kier molecular flexibility index (Phi) is 4.60. The molecule has 1 aromatic rings. The first-order valence-electron chi connectivity index (χ1n) is 6.72. The van der Waals surface area contributed by atoms with Crippen LogP contribution in [0.1, 0.15) is 31.2 Å². The minimum absolute atomic E-state index is 0.690.